The fourth-order valence-electron chi connectivity index (χ4n) is 3.13. The van der Waals surface area contributed by atoms with E-state index >= 15 is 0 Å². The molecule has 0 radical (unpaired) electrons. The first-order valence-corrected chi connectivity index (χ1v) is 9.65. The third-order valence-corrected chi connectivity index (χ3v) is 5.00. The van der Waals surface area contributed by atoms with Crippen molar-refractivity contribution in [2.45, 2.75) is 25.5 Å². The first kappa shape index (κ1) is 18.7. The van der Waals surface area contributed by atoms with E-state index in [1.54, 1.807) is 23.2 Å². The molecule has 0 bridgehead atoms. The summed E-state index contributed by atoms with van der Waals surface area (Å²) >= 11 is 0. The molecule has 0 spiro atoms. The van der Waals surface area contributed by atoms with E-state index in [0.717, 1.165) is 11.1 Å². The Balaban J connectivity index is 1.29. The zero-order valence-corrected chi connectivity index (χ0v) is 15.6. The molecule has 148 valence electrons. The second-order valence-electron chi connectivity index (χ2n) is 7.27. The number of benzene rings is 1. The lowest BCUT2D eigenvalue weighted by molar-refractivity contribution is -0.0155. The summed E-state index contributed by atoms with van der Waals surface area (Å²) in [7, 11) is 0. The molecule has 1 aliphatic carbocycles. The molecule has 2 heterocycles. The molecule has 1 saturated carbocycles. The van der Waals surface area contributed by atoms with E-state index in [-0.39, 0.29) is 18.0 Å². The van der Waals surface area contributed by atoms with Crippen LogP contribution in [-0.4, -0.2) is 42.2 Å². The van der Waals surface area contributed by atoms with Crippen LogP contribution >= 0.6 is 0 Å². The van der Waals surface area contributed by atoms with Gasteiger partial charge in [0.1, 0.15) is 11.9 Å². The molecule has 2 fully saturated rings. The quantitative estimate of drug-likeness (QED) is 0.829. The normalized spacial score (nSPS) is 19.3. The zero-order chi connectivity index (χ0) is 19.3. The van der Waals surface area contributed by atoms with E-state index in [1.807, 2.05) is 12.1 Å². The van der Waals surface area contributed by atoms with Gasteiger partial charge in [0.15, 0.2) is 0 Å². The van der Waals surface area contributed by atoms with Crippen LogP contribution in [0.3, 0.4) is 0 Å². The zero-order valence-electron chi connectivity index (χ0n) is 15.6. The molecule has 1 unspecified atom stereocenters. The number of morpholine rings is 1. The number of hydrogen-bond acceptors (Lipinski definition) is 4. The van der Waals surface area contributed by atoms with E-state index in [2.05, 4.69) is 10.3 Å². The predicted octanol–water partition coefficient (Wildman–Crippen LogP) is 3.29. The molecule has 1 aromatic carbocycles. The Morgan fingerprint density at radius 2 is 2.11 bits per heavy atom. The van der Waals surface area contributed by atoms with Crippen LogP contribution in [0.2, 0.25) is 0 Å². The summed E-state index contributed by atoms with van der Waals surface area (Å²) < 4.78 is 24.5. The summed E-state index contributed by atoms with van der Waals surface area (Å²) in [6, 6.07) is 9.79. The first-order chi connectivity index (χ1) is 13.7. The van der Waals surface area contributed by atoms with E-state index in [1.165, 1.54) is 25.0 Å². The minimum atomic E-state index is -0.285. The molecule has 2 aliphatic rings. The van der Waals surface area contributed by atoms with E-state index in [9.17, 15) is 9.18 Å². The monoisotopic (exact) mass is 385 g/mol. The van der Waals surface area contributed by atoms with Crippen molar-refractivity contribution in [1.82, 2.24) is 15.2 Å². The number of amides is 2. The van der Waals surface area contributed by atoms with Crippen molar-refractivity contribution in [2.24, 2.45) is 5.92 Å². The average Bonchev–Trinajstić information content (AvgIpc) is 3.56. The molecule has 6 nitrogen and oxygen atoms in total. The van der Waals surface area contributed by atoms with Gasteiger partial charge >= 0.3 is 6.03 Å². The number of carbonyl (C=O) groups is 1. The molecular formula is C21H24FN3O3. The Labute approximate surface area is 163 Å². The third-order valence-electron chi connectivity index (χ3n) is 5.00. The smallest absolute Gasteiger partial charge is 0.317 e. The van der Waals surface area contributed by atoms with Crippen LogP contribution in [0.4, 0.5) is 9.18 Å². The third kappa shape index (κ3) is 4.98. The Morgan fingerprint density at radius 3 is 2.89 bits per heavy atom. The molecule has 7 heteroatoms. The fourth-order valence-corrected chi connectivity index (χ4v) is 3.13. The van der Waals surface area contributed by atoms with Crippen LogP contribution in [0.1, 0.15) is 30.1 Å². The first-order valence-electron chi connectivity index (χ1n) is 9.65. The molecule has 1 aliphatic heterocycles. The van der Waals surface area contributed by atoms with Crippen LogP contribution in [0.5, 0.6) is 5.88 Å². The summed E-state index contributed by atoms with van der Waals surface area (Å²) in [5, 5.41) is 2.94. The van der Waals surface area contributed by atoms with Crippen molar-refractivity contribution < 1.29 is 18.7 Å². The maximum Gasteiger partial charge on any atom is 0.317 e. The summed E-state index contributed by atoms with van der Waals surface area (Å²) in [4.78, 5) is 18.5. The summed E-state index contributed by atoms with van der Waals surface area (Å²) in [5.74, 6) is 0.980. The molecule has 4 rings (SSSR count). The van der Waals surface area contributed by atoms with Gasteiger partial charge in [-0.25, -0.2) is 14.2 Å². The highest BCUT2D eigenvalue weighted by Crippen LogP contribution is 2.29. The highest BCUT2D eigenvalue weighted by molar-refractivity contribution is 5.74. The molecular weight excluding hydrogens is 361 g/mol. The van der Waals surface area contributed by atoms with Crippen molar-refractivity contribution in [3.63, 3.8) is 0 Å². The number of aromatic nitrogens is 1. The fraction of sp³-hybridized carbons (Fsp3) is 0.429. The van der Waals surface area contributed by atoms with E-state index in [0.29, 0.717) is 44.6 Å². The molecule has 2 aromatic rings. The summed E-state index contributed by atoms with van der Waals surface area (Å²) in [6.07, 6.45) is 3.91. The van der Waals surface area contributed by atoms with Gasteiger partial charge in [-0.3, -0.25) is 0 Å². The molecule has 1 saturated heterocycles. The van der Waals surface area contributed by atoms with Gasteiger partial charge in [0.25, 0.3) is 0 Å². The van der Waals surface area contributed by atoms with Crippen molar-refractivity contribution in [1.29, 1.82) is 0 Å². The Morgan fingerprint density at radius 1 is 1.29 bits per heavy atom. The number of pyridine rings is 1. The molecule has 2 amide bonds. The summed E-state index contributed by atoms with van der Waals surface area (Å²) in [5.41, 5.74) is 1.81. The number of halogens is 1. The second kappa shape index (κ2) is 8.56. The van der Waals surface area contributed by atoms with Gasteiger partial charge < -0.3 is 19.7 Å². The molecule has 28 heavy (non-hydrogen) atoms. The summed E-state index contributed by atoms with van der Waals surface area (Å²) in [6.45, 7) is 2.52. The van der Waals surface area contributed by atoms with Gasteiger partial charge in [0, 0.05) is 25.4 Å². The number of urea groups is 1. The number of nitrogens with one attached hydrogen (secondary N) is 1. The van der Waals surface area contributed by atoms with Crippen molar-refractivity contribution in [2.75, 3.05) is 26.3 Å². The van der Waals surface area contributed by atoms with Crippen molar-refractivity contribution in [3.05, 3.63) is 59.5 Å². The van der Waals surface area contributed by atoms with E-state index < -0.39 is 0 Å². The Hall–Kier alpha value is -2.67. The van der Waals surface area contributed by atoms with Crippen molar-refractivity contribution in [3.8, 4) is 5.88 Å². The highest BCUT2D eigenvalue weighted by Gasteiger charge is 2.25. The Bertz CT molecular complexity index is 811. The number of carbonyl (C=O) groups excluding carboxylic acids is 1. The predicted molar refractivity (Wildman–Crippen MR) is 101 cm³/mol. The van der Waals surface area contributed by atoms with Crippen LogP contribution in [0.15, 0.2) is 42.6 Å². The lowest BCUT2D eigenvalue weighted by Gasteiger charge is -2.33. The molecule has 1 atom stereocenters. The SMILES string of the molecule is O=C(NCc1ccnc(OCC2CC2)c1)N1CCOC(c2ccc(F)cc2)C1. The van der Waals surface area contributed by atoms with Crippen LogP contribution in [0, 0.1) is 11.7 Å². The van der Waals surface area contributed by atoms with Crippen LogP contribution < -0.4 is 10.1 Å². The van der Waals surface area contributed by atoms with Crippen LogP contribution in [0.25, 0.3) is 0 Å². The number of hydrogen-bond donors (Lipinski definition) is 1. The minimum absolute atomic E-state index is 0.146. The van der Waals surface area contributed by atoms with Gasteiger partial charge in [-0.2, -0.15) is 0 Å². The lowest BCUT2D eigenvalue weighted by Crippen LogP contribution is -2.46. The van der Waals surface area contributed by atoms with Gasteiger partial charge in [-0.1, -0.05) is 12.1 Å². The lowest BCUT2D eigenvalue weighted by atomic mass is 10.1. The van der Waals surface area contributed by atoms with Crippen molar-refractivity contribution >= 4 is 6.03 Å². The second-order valence-corrected chi connectivity index (χ2v) is 7.27. The maximum atomic E-state index is 13.1. The number of ether oxygens (including phenoxy) is 2. The molecule has 1 N–H and O–H groups in total. The van der Waals surface area contributed by atoms with Gasteiger partial charge in [-0.05, 0) is 48.1 Å². The molecule has 1 aromatic heterocycles. The highest BCUT2D eigenvalue weighted by atomic mass is 19.1. The van der Waals surface area contributed by atoms with Gasteiger partial charge in [0.2, 0.25) is 5.88 Å². The minimum Gasteiger partial charge on any atom is -0.477 e. The van der Waals surface area contributed by atoms with Crippen LogP contribution in [-0.2, 0) is 11.3 Å². The van der Waals surface area contributed by atoms with Gasteiger partial charge in [-0.15, -0.1) is 0 Å². The van der Waals surface area contributed by atoms with Gasteiger partial charge in [0.05, 0.1) is 19.8 Å². The topological polar surface area (TPSA) is 63.7 Å². The average molecular weight is 385 g/mol. The standard InChI is InChI=1S/C21H24FN3O3/c22-18-5-3-17(4-6-18)19-13-25(9-10-27-19)21(26)24-12-16-7-8-23-20(11-16)28-14-15-1-2-15/h3-8,11,15,19H,1-2,9-10,12-14H2,(H,24,26). The maximum absolute atomic E-state index is 13.1. The number of nitrogens with zero attached hydrogens (tertiary/aromatic N) is 2. The largest absolute Gasteiger partial charge is 0.477 e. The number of rotatable bonds is 6. The Kier molecular flexibility index (Phi) is 5.71. The van der Waals surface area contributed by atoms with E-state index in [4.69, 9.17) is 9.47 Å².